The number of aromatic nitrogens is 2. The summed E-state index contributed by atoms with van der Waals surface area (Å²) in [6.07, 6.45) is 3.14. The summed E-state index contributed by atoms with van der Waals surface area (Å²) in [6.45, 7) is 7.53. The minimum Gasteiger partial charge on any atom is -0.349 e. The molecule has 1 aliphatic heterocycles. The highest BCUT2D eigenvalue weighted by Gasteiger charge is 2.39. The van der Waals surface area contributed by atoms with E-state index in [-0.39, 0.29) is 11.8 Å². The maximum Gasteiger partial charge on any atom is 0.253 e. The van der Waals surface area contributed by atoms with Gasteiger partial charge in [0.1, 0.15) is 0 Å². The number of amides is 2. The van der Waals surface area contributed by atoms with Crippen molar-refractivity contribution >= 4 is 39.1 Å². The highest BCUT2D eigenvalue weighted by atomic mass is 79.9. The van der Waals surface area contributed by atoms with Gasteiger partial charge in [0.05, 0.1) is 16.4 Å². The molecule has 0 radical (unpaired) electrons. The van der Waals surface area contributed by atoms with Crippen molar-refractivity contribution in [3.05, 3.63) is 52.8 Å². The van der Waals surface area contributed by atoms with E-state index in [1.807, 2.05) is 51.1 Å². The van der Waals surface area contributed by atoms with Crippen LogP contribution in [0.1, 0.15) is 39.4 Å². The van der Waals surface area contributed by atoms with E-state index >= 15 is 0 Å². The van der Waals surface area contributed by atoms with E-state index in [1.54, 1.807) is 17.8 Å². The van der Waals surface area contributed by atoms with E-state index in [0.717, 1.165) is 0 Å². The van der Waals surface area contributed by atoms with Gasteiger partial charge in [0.25, 0.3) is 5.91 Å². The minimum atomic E-state index is -0.852. The minimum absolute atomic E-state index is 0.264. The Balaban J connectivity index is 2.21. The molecule has 0 saturated carbocycles. The first-order chi connectivity index (χ1) is 12.2. The zero-order valence-corrected chi connectivity index (χ0v) is 16.7. The van der Waals surface area contributed by atoms with E-state index in [2.05, 4.69) is 26.3 Å². The molecule has 0 fully saturated rings. The summed E-state index contributed by atoms with van der Waals surface area (Å²) in [7, 11) is 0. The molecule has 6 nitrogen and oxygen atoms in total. The Hall–Kier alpha value is -2.41. The van der Waals surface area contributed by atoms with E-state index in [4.69, 9.17) is 0 Å². The summed E-state index contributed by atoms with van der Waals surface area (Å²) >= 11 is 3.49. The molecule has 1 aromatic carbocycles. The van der Waals surface area contributed by atoms with E-state index in [9.17, 15) is 9.59 Å². The van der Waals surface area contributed by atoms with Crippen molar-refractivity contribution in [1.29, 1.82) is 0 Å². The number of carbonyl (C=O) groups is 2. The Labute approximate surface area is 161 Å². The highest BCUT2D eigenvalue weighted by molar-refractivity contribution is 9.10. The molecule has 1 aliphatic rings. The van der Waals surface area contributed by atoms with Gasteiger partial charge in [0.15, 0.2) is 6.04 Å². The van der Waals surface area contributed by atoms with E-state index < -0.39 is 11.6 Å². The molecular weight excluding hydrogens is 396 g/mol. The molecule has 2 amide bonds. The molecule has 3 rings (SSSR count). The molecule has 26 heavy (non-hydrogen) atoms. The number of nitrogens with one attached hydrogen (secondary N) is 1. The Morgan fingerprint density at radius 3 is 2.50 bits per heavy atom. The largest absolute Gasteiger partial charge is 0.349 e. The lowest BCUT2D eigenvalue weighted by atomic mass is 10.1. The van der Waals surface area contributed by atoms with E-state index in [1.165, 1.54) is 11.0 Å². The fourth-order valence-electron chi connectivity index (χ4n) is 2.97. The molecule has 0 spiro atoms. The number of anilines is 1. The maximum atomic E-state index is 13.2. The quantitative estimate of drug-likeness (QED) is 0.814. The maximum absolute atomic E-state index is 13.2. The van der Waals surface area contributed by atoms with Crippen LogP contribution in [0.2, 0.25) is 0 Å². The fraction of sp³-hybridized carbons (Fsp3) is 0.316. The van der Waals surface area contributed by atoms with Crippen molar-refractivity contribution in [3.8, 4) is 0 Å². The Morgan fingerprint density at radius 2 is 1.88 bits per heavy atom. The van der Waals surface area contributed by atoms with Crippen molar-refractivity contribution < 1.29 is 9.59 Å². The summed E-state index contributed by atoms with van der Waals surface area (Å²) in [4.78, 5) is 27.7. The fourth-order valence-corrected chi connectivity index (χ4v) is 3.44. The average Bonchev–Trinajstić information content (AvgIpc) is 2.87. The normalized spacial score (nSPS) is 17.4. The average molecular weight is 417 g/mol. The summed E-state index contributed by atoms with van der Waals surface area (Å²) in [5.41, 5.74) is 1.49. The Morgan fingerprint density at radius 1 is 1.23 bits per heavy atom. The van der Waals surface area contributed by atoms with Gasteiger partial charge in [0, 0.05) is 23.0 Å². The van der Waals surface area contributed by atoms with Crippen LogP contribution in [0.3, 0.4) is 0 Å². The summed E-state index contributed by atoms with van der Waals surface area (Å²) < 4.78 is 2.31. The predicted octanol–water partition coefficient (Wildman–Crippen LogP) is 3.51. The molecule has 1 atom stereocenters. The van der Waals surface area contributed by atoms with Crippen molar-refractivity contribution in [3.63, 3.8) is 0 Å². The van der Waals surface area contributed by atoms with Crippen molar-refractivity contribution in [2.24, 2.45) is 0 Å². The van der Waals surface area contributed by atoms with Crippen molar-refractivity contribution in [2.75, 3.05) is 4.90 Å². The van der Waals surface area contributed by atoms with Gasteiger partial charge >= 0.3 is 0 Å². The number of halogens is 1. The van der Waals surface area contributed by atoms with Crippen LogP contribution >= 0.6 is 15.9 Å². The van der Waals surface area contributed by atoms with Gasteiger partial charge in [-0.1, -0.05) is 18.2 Å². The lowest BCUT2D eigenvalue weighted by Gasteiger charge is -2.32. The molecule has 0 bridgehead atoms. The molecule has 1 N–H and O–H groups in total. The third kappa shape index (κ3) is 3.44. The molecule has 1 unspecified atom stereocenters. The van der Waals surface area contributed by atoms with Crippen LogP contribution in [0.5, 0.6) is 0 Å². The SMILES string of the molecule is CC1=CC(=O)N(c2ccccc2)C(C(=O)NC(C)(C)C)c2c(Br)cnn21. The monoisotopic (exact) mass is 416 g/mol. The second kappa shape index (κ2) is 6.72. The van der Waals surface area contributed by atoms with Crippen LogP contribution in [-0.4, -0.2) is 27.1 Å². The van der Waals surface area contributed by atoms with Crippen LogP contribution < -0.4 is 10.2 Å². The lowest BCUT2D eigenvalue weighted by Crippen LogP contribution is -2.49. The van der Waals surface area contributed by atoms with Gasteiger partial charge in [-0.25, -0.2) is 4.68 Å². The number of allylic oxidation sites excluding steroid dienone is 1. The van der Waals surface area contributed by atoms with Gasteiger partial charge in [0.2, 0.25) is 5.91 Å². The molecular formula is C19H21BrN4O2. The molecule has 2 heterocycles. The highest BCUT2D eigenvalue weighted by Crippen LogP contribution is 2.36. The van der Waals surface area contributed by atoms with E-state index in [0.29, 0.717) is 21.6 Å². The zero-order chi connectivity index (χ0) is 19.1. The number of carbonyl (C=O) groups excluding carboxylic acids is 2. The van der Waals surface area contributed by atoms with Crippen LogP contribution in [0.15, 0.2) is 47.1 Å². The van der Waals surface area contributed by atoms with Crippen molar-refractivity contribution in [1.82, 2.24) is 15.1 Å². The van der Waals surface area contributed by atoms with Gasteiger partial charge in [-0.15, -0.1) is 0 Å². The second-order valence-electron chi connectivity index (χ2n) is 7.26. The topological polar surface area (TPSA) is 67.2 Å². The number of hydrogen-bond donors (Lipinski definition) is 1. The predicted molar refractivity (Wildman–Crippen MR) is 104 cm³/mol. The van der Waals surface area contributed by atoms with Crippen LogP contribution in [0.4, 0.5) is 5.69 Å². The zero-order valence-electron chi connectivity index (χ0n) is 15.2. The molecule has 7 heteroatoms. The van der Waals surface area contributed by atoms with Gasteiger partial charge in [-0.2, -0.15) is 5.10 Å². The van der Waals surface area contributed by atoms with Crippen molar-refractivity contribution in [2.45, 2.75) is 39.3 Å². The van der Waals surface area contributed by atoms with Gasteiger partial charge < -0.3 is 5.32 Å². The Bertz CT molecular complexity index is 881. The summed E-state index contributed by atoms with van der Waals surface area (Å²) in [6, 6.07) is 8.34. The molecule has 2 aromatic rings. The summed E-state index contributed by atoms with van der Waals surface area (Å²) in [5, 5.41) is 7.32. The lowest BCUT2D eigenvalue weighted by molar-refractivity contribution is -0.126. The number of nitrogens with zero attached hydrogens (tertiary/aromatic N) is 3. The van der Waals surface area contributed by atoms with Crippen LogP contribution in [0, 0.1) is 0 Å². The second-order valence-corrected chi connectivity index (χ2v) is 8.12. The third-order valence-electron chi connectivity index (χ3n) is 3.96. The number of hydrogen-bond acceptors (Lipinski definition) is 3. The molecule has 1 aromatic heterocycles. The third-order valence-corrected chi connectivity index (χ3v) is 4.57. The van der Waals surface area contributed by atoms with Gasteiger partial charge in [-0.3, -0.25) is 14.5 Å². The first-order valence-corrected chi connectivity index (χ1v) is 9.11. The van der Waals surface area contributed by atoms with Crippen LogP contribution in [-0.2, 0) is 9.59 Å². The first kappa shape index (κ1) is 18.4. The first-order valence-electron chi connectivity index (χ1n) is 8.31. The number of benzene rings is 1. The number of rotatable bonds is 2. The van der Waals surface area contributed by atoms with Gasteiger partial charge in [-0.05, 0) is 55.8 Å². The standard InChI is InChI=1S/C19H21BrN4O2/c1-12-10-15(25)23(13-8-6-5-7-9-13)17(18(26)22-19(2,3)4)16-14(20)11-21-24(12)16/h5-11,17H,1-4H3,(H,22,26). The Kier molecular flexibility index (Phi) is 4.75. The molecule has 0 saturated heterocycles. The molecule has 0 aliphatic carbocycles. The number of fused-ring (bicyclic) bond motifs is 1. The van der Waals surface area contributed by atoms with Crippen LogP contribution in [0.25, 0.3) is 5.70 Å². The number of para-hydroxylation sites is 1. The molecule has 136 valence electrons. The smallest absolute Gasteiger partial charge is 0.253 e. The summed E-state index contributed by atoms with van der Waals surface area (Å²) in [5.74, 6) is -0.527.